The van der Waals surface area contributed by atoms with Gasteiger partial charge in [-0.3, -0.25) is 4.79 Å². The van der Waals surface area contributed by atoms with Crippen molar-refractivity contribution >= 4 is 11.6 Å². The number of nitrogens with one attached hydrogen (secondary N) is 2. The van der Waals surface area contributed by atoms with Gasteiger partial charge >= 0.3 is 0 Å². The minimum Gasteiger partial charge on any atom is -0.325 e. The zero-order valence-corrected chi connectivity index (χ0v) is 10.4. The standard InChI is InChI=1S/C13H17N3O/c1-9-5-4-6-12(11(9)7-14)16-13(17)10(2)8-15-3/h4-6,10,15H,8H2,1-3H3,(H,16,17). The summed E-state index contributed by atoms with van der Waals surface area (Å²) in [5.74, 6) is -0.214. The van der Waals surface area contributed by atoms with Gasteiger partial charge in [-0.15, -0.1) is 0 Å². The van der Waals surface area contributed by atoms with Crippen LogP contribution in [0.2, 0.25) is 0 Å². The Morgan fingerprint density at radius 2 is 2.24 bits per heavy atom. The number of aryl methyl sites for hydroxylation is 1. The Hall–Kier alpha value is -1.86. The highest BCUT2D eigenvalue weighted by Crippen LogP contribution is 2.18. The fourth-order valence-corrected chi connectivity index (χ4v) is 1.58. The molecule has 0 aromatic heterocycles. The second kappa shape index (κ2) is 6.02. The summed E-state index contributed by atoms with van der Waals surface area (Å²) in [7, 11) is 1.80. The number of carbonyl (C=O) groups excluding carboxylic acids is 1. The molecule has 0 aliphatic heterocycles. The SMILES string of the molecule is CNCC(C)C(=O)Nc1cccc(C)c1C#N. The number of nitriles is 1. The molecule has 2 N–H and O–H groups in total. The Balaban J connectivity index is 2.86. The summed E-state index contributed by atoms with van der Waals surface area (Å²) in [5, 5.41) is 14.8. The van der Waals surface area contributed by atoms with E-state index in [1.165, 1.54) is 0 Å². The van der Waals surface area contributed by atoms with Crippen molar-refractivity contribution in [2.45, 2.75) is 13.8 Å². The van der Waals surface area contributed by atoms with Crippen LogP contribution in [0, 0.1) is 24.2 Å². The number of amides is 1. The van der Waals surface area contributed by atoms with E-state index in [4.69, 9.17) is 5.26 Å². The van der Waals surface area contributed by atoms with Crippen molar-refractivity contribution in [2.24, 2.45) is 5.92 Å². The molecule has 4 heteroatoms. The third-order valence-corrected chi connectivity index (χ3v) is 2.60. The lowest BCUT2D eigenvalue weighted by Crippen LogP contribution is -2.28. The van der Waals surface area contributed by atoms with E-state index in [9.17, 15) is 4.79 Å². The number of nitrogens with zero attached hydrogens (tertiary/aromatic N) is 1. The fraction of sp³-hybridized carbons (Fsp3) is 0.385. The van der Waals surface area contributed by atoms with Crippen LogP contribution in [0.4, 0.5) is 5.69 Å². The maximum atomic E-state index is 11.8. The molecule has 1 aromatic carbocycles. The van der Waals surface area contributed by atoms with Crippen molar-refractivity contribution in [1.29, 1.82) is 5.26 Å². The minimum absolute atomic E-state index is 0.0820. The second-order valence-electron chi connectivity index (χ2n) is 4.06. The van der Waals surface area contributed by atoms with Crippen LogP contribution in [0.5, 0.6) is 0 Å². The Bertz CT molecular complexity index is 448. The molecular formula is C13H17N3O. The van der Waals surface area contributed by atoms with Crippen LogP contribution in [-0.2, 0) is 4.79 Å². The largest absolute Gasteiger partial charge is 0.325 e. The predicted octanol–water partition coefficient (Wildman–Crippen LogP) is 1.66. The zero-order valence-electron chi connectivity index (χ0n) is 10.4. The third kappa shape index (κ3) is 3.30. The molecule has 0 saturated carbocycles. The summed E-state index contributed by atoms with van der Waals surface area (Å²) < 4.78 is 0. The normalized spacial score (nSPS) is 11.6. The highest BCUT2D eigenvalue weighted by Gasteiger charge is 2.14. The van der Waals surface area contributed by atoms with Gasteiger partial charge in [0, 0.05) is 12.5 Å². The average molecular weight is 231 g/mol. The first-order chi connectivity index (χ1) is 8.10. The molecule has 0 aliphatic rings. The first-order valence-electron chi connectivity index (χ1n) is 5.55. The number of rotatable bonds is 4. The molecule has 1 rings (SSSR count). The maximum Gasteiger partial charge on any atom is 0.228 e. The molecule has 0 fully saturated rings. The van der Waals surface area contributed by atoms with Gasteiger partial charge in [0.1, 0.15) is 6.07 Å². The molecule has 17 heavy (non-hydrogen) atoms. The van der Waals surface area contributed by atoms with Crippen molar-refractivity contribution in [3.05, 3.63) is 29.3 Å². The highest BCUT2D eigenvalue weighted by atomic mass is 16.1. The number of anilines is 1. The molecule has 0 saturated heterocycles. The Morgan fingerprint density at radius 1 is 1.53 bits per heavy atom. The fourth-order valence-electron chi connectivity index (χ4n) is 1.58. The van der Waals surface area contributed by atoms with E-state index in [2.05, 4.69) is 16.7 Å². The molecule has 1 amide bonds. The van der Waals surface area contributed by atoms with Crippen molar-refractivity contribution < 1.29 is 4.79 Å². The molecule has 0 heterocycles. The predicted molar refractivity (Wildman–Crippen MR) is 67.6 cm³/mol. The number of hydrogen-bond donors (Lipinski definition) is 2. The van der Waals surface area contributed by atoms with Gasteiger partial charge in [0.05, 0.1) is 11.3 Å². The highest BCUT2D eigenvalue weighted by molar-refractivity contribution is 5.93. The van der Waals surface area contributed by atoms with E-state index in [0.717, 1.165) is 5.56 Å². The Morgan fingerprint density at radius 3 is 2.82 bits per heavy atom. The van der Waals surface area contributed by atoms with E-state index in [-0.39, 0.29) is 11.8 Å². The summed E-state index contributed by atoms with van der Waals surface area (Å²) in [6, 6.07) is 7.54. The van der Waals surface area contributed by atoms with E-state index < -0.39 is 0 Å². The number of benzene rings is 1. The molecular weight excluding hydrogens is 214 g/mol. The van der Waals surface area contributed by atoms with Crippen LogP contribution >= 0.6 is 0 Å². The van der Waals surface area contributed by atoms with Crippen LogP contribution < -0.4 is 10.6 Å². The third-order valence-electron chi connectivity index (χ3n) is 2.60. The monoisotopic (exact) mass is 231 g/mol. The van der Waals surface area contributed by atoms with Crippen LogP contribution in [0.1, 0.15) is 18.1 Å². The molecule has 0 radical (unpaired) electrons. The van der Waals surface area contributed by atoms with Crippen LogP contribution in [0.15, 0.2) is 18.2 Å². The van der Waals surface area contributed by atoms with Crippen molar-refractivity contribution in [1.82, 2.24) is 5.32 Å². The maximum absolute atomic E-state index is 11.8. The average Bonchev–Trinajstić information content (AvgIpc) is 2.29. The second-order valence-corrected chi connectivity index (χ2v) is 4.06. The van der Waals surface area contributed by atoms with Crippen LogP contribution in [0.25, 0.3) is 0 Å². The van der Waals surface area contributed by atoms with Crippen LogP contribution in [-0.4, -0.2) is 19.5 Å². The quantitative estimate of drug-likeness (QED) is 0.828. The summed E-state index contributed by atoms with van der Waals surface area (Å²) in [5.41, 5.74) is 1.98. The zero-order chi connectivity index (χ0) is 12.8. The van der Waals surface area contributed by atoms with Gasteiger partial charge in [0.2, 0.25) is 5.91 Å². The van der Waals surface area contributed by atoms with E-state index in [1.807, 2.05) is 26.0 Å². The van der Waals surface area contributed by atoms with Gasteiger partial charge < -0.3 is 10.6 Å². The topological polar surface area (TPSA) is 64.9 Å². The van der Waals surface area contributed by atoms with Gasteiger partial charge in [-0.05, 0) is 25.6 Å². The molecule has 1 unspecified atom stereocenters. The lowest BCUT2D eigenvalue weighted by molar-refractivity contribution is -0.119. The Kier molecular flexibility index (Phi) is 4.68. The summed E-state index contributed by atoms with van der Waals surface area (Å²) in [6.45, 7) is 4.30. The van der Waals surface area contributed by atoms with Gasteiger partial charge in [-0.25, -0.2) is 0 Å². The molecule has 0 bridgehead atoms. The van der Waals surface area contributed by atoms with Crippen LogP contribution in [0.3, 0.4) is 0 Å². The molecule has 0 aliphatic carbocycles. The molecule has 90 valence electrons. The lowest BCUT2D eigenvalue weighted by atomic mass is 10.1. The van der Waals surface area contributed by atoms with Crippen molar-refractivity contribution in [3.8, 4) is 6.07 Å². The van der Waals surface area contributed by atoms with Gasteiger partial charge in [0.25, 0.3) is 0 Å². The van der Waals surface area contributed by atoms with Crippen molar-refractivity contribution in [3.63, 3.8) is 0 Å². The first kappa shape index (κ1) is 13.2. The van der Waals surface area contributed by atoms with E-state index >= 15 is 0 Å². The number of hydrogen-bond acceptors (Lipinski definition) is 3. The number of carbonyl (C=O) groups is 1. The molecule has 0 spiro atoms. The Labute approximate surface area is 102 Å². The van der Waals surface area contributed by atoms with E-state index in [0.29, 0.717) is 17.8 Å². The van der Waals surface area contributed by atoms with Gasteiger partial charge in [-0.1, -0.05) is 19.1 Å². The summed E-state index contributed by atoms with van der Waals surface area (Å²) in [6.07, 6.45) is 0. The van der Waals surface area contributed by atoms with Gasteiger partial charge in [-0.2, -0.15) is 5.26 Å². The van der Waals surface area contributed by atoms with Crippen molar-refractivity contribution in [2.75, 3.05) is 18.9 Å². The van der Waals surface area contributed by atoms with E-state index in [1.54, 1.807) is 13.1 Å². The molecule has 1 aromatic rings. The molecule has 1 atom stereocenters. The summed E-state index contributed by atoms with van der Waals surface area (Å²) in [4.78, 5) is 11.8. The smallest absolute Gasteiger partial charge is 0.228 e. The minimum atomic E-state index is -0.132. The first-order valence-corrected chi connectivity index (χ1v) is 5.55. The molecule has 4 nitrogen and oxygen atoms in total. The van der Waals surface area contributed by atoms with Gasteiger partial charge in [0.15, 0.2) is 0 Å². The summed E-state index contributed by atoms with van der Waals surface area (Å²) >= 11 is 0. The lowest BCUT2D eigenvalue weighted by Gasteiger charge is -2.13.